The molecule has 5 heteroatoms. The third kappa shape index (κ3) is 1.95. The third-order valence-electron chi connectivity index (χ3n) is 2.74. The lowest BCUT2D eigenvalue weighted by Gasteiger charge is -2.06. The van der Waals surface area contributed by atoms with Crippen molar-refractivity contribution in [2.45, 2.75) is 19.8 Å². The van der Waals surface area contributed by atoms with Gasteiger partial charge in [-0.3, -0.25) is 0 Å². The summed E-state index contributed by atoms with van der Waals surface area (Å²) in [6, 6.07) is 9.25. The summed E-state index contributed by atoms with van der Waals surface area (Å²) in [6.07, 6.45) is 0. The molecule has 0 aliphatic carbocycles. The van der Waals surface area contributed by atoms with E-state index in [9.17, 15) is 4.79 Å². The van der Waals surface area contributed by atoms with Crippen molar-refractivity contribution >= 4 is 11.8 Å². The van der Waals surface area contributed by atoms with Crippen LogP contribution in [0, 0.1) is 0 Å². The van der Waals surface area contributed by atoms with E-state index < -0.39 is 5.97 Å². The fourth-order valence-electron chi connectivity index (χ4n) is 1.94. The molecule has 94 valence electrons. The molecule has 1 aromatic carbocycles. The van der Waals surface area contributed by atoms with Gasteiger partial charge in [0, 0.05) is 5.56 Å². The molecule has 0 saturated heterocycles. The summed E-state index contributed by atoms with van der Waals surface area (Å²) >= 11 is 0. The number of benzene rings is 1. The number of nitrogen functional groups attached to an aromatic ring is 1. The van der Waals surface area contributed by atoms with Gasteiger partial charge >= 0.3 is 5.97 Å². The minimum absolute atomic E-state index is 0.00793. The first-order valence-electron chi connectivity index (χ1n) is 5.69. The van der Waals surface area contributed by atoms with Crippen LogP contribution >= 0.6 is 0 Å². The first-order valence-corrected chi connectivity index (χ1v) is 5.69. The molecular weight excluding hydrogens is 230 g/mol. The van der Waals surface area contributed by atoms with Gasteiger partial charge in [0.05, 0.1) is 5.69 Å². The third-order valence-corrected chi connectivity index (χ3v) is 2.74. The van der Waals surface area contributed by atoms with E-state index in [1.165, 1.54) is 4.68 Å². The standard InChI is InChI=1S/C13H15N3O2/c1-8(2)10-11(13(17)18)15-16(12(10)14)9-6-4-3-5-7-9/h3-8H,14H2,1-2H3,(H,17,18). The first-order chi connectivity index (χ1) is 8.52. The molecule has 2 aromatic rings. The van der Waals surface area contributed by atoms with Gasteiger partial charge in [0.2, 0.25) is 0 Å². The number of nitrogens with zero attached hydrogens (tertiary/aromatic N) is 2. The minimum atomic E-state index is -1.06. The van der Waals surface area contributed by atoms with Gasteiger partial charge in [-0.2, -0.15) is 5.10 Å². The second-order valence-corrected chi connectivity index (χ2v) is 4.35. The van der Waals surface area contributed by atoms with Crippen molar-refractivity contribution in [2.24, 2.45) is 0 Å². The summed E-state index contributed by atoms with van der Waals surface area (Å²) in [5, 5.41) is 13.3. The second kappa shape index (κ2) is 4.52. The number of hydrogen-bond donors (Lipinski definition) is 2. The molecule has 0 spiro atoms. The summed E-state index contributed by atoms with van der Waals surface area (Å²) in [6.45, 7) is 3.80. The van der Waals surface area contributed by atoms with Crippen molar-refractivity contribution in [1.82, 2.24) is 9.78 Å². The lowest BCUT2D eigenvalue weighted by atomic mass is 10.0. The second-order valence-electron chi connectivity index (χ2n) is 4.35. The number of rotatable bonds is 3. The molecule has 2 rings (SSSR count). The Bertz CT molecular complexity index is 573. The van der Waals surface area contributed by atoms with E-state index in [0.29, 0.717) is 11.4 Å². The van der Waals surface area contributed by atoms with Gasteiger partial charge in [-0.15, -0.1) is 0 Å². The molecule has 18 heavy (non-hydrogen) atoms. The summed E-state index contributed by atoms with van der Waals surface area (Å²) in [7, 11) is 0. The van der Waals surface area contributed by atoms with Crippen LogP contribution in [-0.4, -0.2) is 20.9 Å². The maximum absolute atomic E-state index is 11.2. The number of carboxylic acids is 1. The molecule has 0 aliphatic heterocycles. The van der Waals surface area contributed by atoms with Crippen LogP contribution in [-0.2, 0) is 0 Å². The van der Waals surface area contributed by atoms with Crippen LogP contribution < -0.4 is 5.73 Å². The first kappa shape index (κ1) is 12.2. The number of anilines is 1. The monoisotopic (exact) mass is 245 g/mol. The minimum Gasteiger partial charge on any atom is -0.476 e. The smallest absolute Gasteiger partial charge is 0.356 e. The van der Waals surface area contributed by atoms with Crippen molar-refractivity contribution in [2.75, 3.05) is 5.73 Å². The lowest BCUT2D eigenvalue weighted by Crippen LogP contribution is -2.03. The summed E-state index contributed by atoms with van der Waals surface area (Å²) < 4.78 is 1.47. The van der Waals surface area contributed by atoms with Crippen molar-refractivity contribution < 1.29 is 9.90 Å². The predicted molar refractivity (Wildman–Crippen MR) is 69.0 cm³/mol. The van der Waals surface area contributed by atoms with Crippen LogP contribution in [0.5, 0.6) is 0 Å². The number of aromatic nitrogens is 2. The van der Waals surface area contributed by atoms with Crippen LogP contribution in [0.25, 0.3) is 5.69 Å². The quantitative estimate of drug-likeness (QED) is 0.869. The predicted octanol–water partition coefficient (Wildman–Crippen LogP) is 2.28. The Morgan fingerprint density at radius 1 is 1.33 bits per heavy atom. The van der Waals surface area contributed by atoms with Crippen LogP contribution in [0.15, 0.2) is 30.3 Å². The Hall–Kier alpha value is -2.30. The average molecular weight is 245 g/mol. The van der Waals surface area contributed by atoms with E-state index in [-0.39, 0.29) is 11.6 Å². The van der Waals surface area contributed by atoms with Crippen LogP contribution in [0.2, 0.25) is 0 Å². The Labute approximate surface area is 105 Å². The normalized spacial score (nSPS) is 10.8. The maximum atomic E-state index is 11.2. The number of para-hydroxylation sites is 1. The molecule has 0 aliphatic rings. The highest BCUT2D eigenvalue weighted by molar-refractivity contribution is 5.89. The topological polar surface area (TPSA) is 81.1 Å². The lowest BCUT2D eigenvalue weighted by molar-refractivity contribution is 0.0688. The molecule has 0 saturated carbocycles. The van der Waals surface area contributed by atoms with E-state index >= 15 is 0 Å². The van der Waals surface area contributed by atoms with Crippen LogP contribution in [0.1, 0.15) is 35.8 Å². The highest BCUT2D eigenvalue weighted by atomic mass is 16.4. The largest absolute Gasteiger partial charge is 0.476 e. The van der Waals surface area contributed by atoms with Crippen molar-refractivity contribution in [3.63, 3.8) is 0 Å². The molecule has 0 atom stereocenters. The average Bonchev–Trinajstić information content (AvgIpc) is 2.68. The molecule has 1 heterocycles. The Kier molecular flexibility index (Phi) is 3.06. The fourth-order valence-corrected chi connectivity index (χ4v) is 1.94. The van der Waals surface area contributed by atoms with Crippen molar-refractivity contribution in [1.29, 1.82) is 0 Å². The van der Waals surface area contributed by atoms with E-state index in [4.69, 9.17) is 10.8 Å². The number of aromatic carboxylic acids is 1. The zero-order chi connectivity index (χ0) is 13.3. The molecule has 5 nitrogen and oxygen atoms in total. The van der Waals surface area contributed by atoms with Crippen molar-refractivity contribution in [3.8, 4) is 5.69 Å². The van der Waals surface area contributed by atoms with E-state index in [1.54, 1.807) is 0 Å². The number of carbonyl (C=O) groups is 1. The van der Waals surface area contributed by atoms with E-state index in [0.717, 1.165) is 5.69 Å². The highest BCUT2D eigenvalue weighted by Gasteiger charge is 2.23. The molecule has 0 radical (unpaired) electrons. The molecule has 3 N–H and O–H groups in total. The number of carboxylic acid groups (broad SMARTS) is 1. The number of hydrogen-bond acceptors (Lipinski definition) is 3. The van der Waals surface area contributed by atoms with Crippen molar-refractivity contribution in [3.05, 3.63) is 41.6 Å². The molecule has 0 fully saturated rings. The molecule has 0 unspecified atom stereocenters. The Morgan fingerprint density at radius 3 is 2.39 bits per heavy atom. The molecule has 1 aromatic heterocycles. The zero-order valence-corrected chi connectivity index (χ0v) is 10.3. The molecular formula is C13H15N3O2. The van der Waals surface area contributed by atoms with Gasteiger partial charge in [-0.1, -0.05) is 32.0 Å². The Morgan fingerprint density at radius 2 is 1.94 bits per heavy atom. The fraction of sp³-hybridized carbons (Fsp3) is 0.231. The summed E-state index contributed by atoms with van der Waals surface area (Å²) in [5.41, 5.74) is 7.36. The zero-order valence-electron chi connectivity index (χ0n) is 10.3. The van der Waals surface area contributed by atoms with E-state index in [1.807, 2.05) is 44.2 Å². The molecule has 0 bridgehead atoms. The summed E-state index contributed by atoms with van der Waals surface area (Å²) in [4.78, 5) is 11.2. The highest BCUT2D eigenvalue weighted by Crippen LogP contribution is 2.27. The number of nitrogens with two attached hydrogens (primary N) is 1. The van der Waals surface area contributed by atoms with Gasteiger partial charge in [-0.25, -0.2) is 9.48 Å². The van der Waals surface area contributed by atoms with Gasteiger partial charge in [0.15, 0.2) is 5.69 Å². The maximum Gasteiger partial charge on any atom is 0.356 e. The summed E-state index contributed by atoms with van der Waals surface area (Å²) in [5.74, 6) is -0.665. The van der Waals surface area contributed by atoms with Gasteiger partial charge < -0.3 is 10.8 Å². The van der Waals surface area contributed by atoms with Crippen LogP contribution in [0.3, 0.4) is 0 Å². The van der Waals surface area contributed by atoms with Crippen LogP contribution in [0.4, 0.5) is 5.82 Å². The van der Waals surface area contributed by atoms with Gasteiger partial charge in [0.1, 0.15) is 5.82 Å². The van der Waals surface area contributed by atoms with Gasteiger partial charge in [0.25, 0.3) is 0 Å². The Balaban J connectivity index is 2.64. The SMILES string of the molecule is CC(C)c1c(C(=O)O)nn(-c2ccccc2)c1N. The van der Waals surface area contributed by atoms with E-state index in [2.05, 4.69) is 5.10 Å². The van der Waals surface area contributed by atoms with Gasteiger partial charge in [-0.05, 0) is 18.1 Å². The molecule has 0 amide bonds.